The van der Waals surface area contributed by atoms with E-state index in [4.69, 9.17) is 4.74 Å². The molecule has 0 aliphatic carbocycles. The van der Waals surface area contributed by atoms with Gasteiger partial charge in [-0.3, -0.25) is 4.79 Å². The van der Waals surface area contributed by atoms with Crippen molar-refractivity contribution < 1.29 is 14.3 Å². The number of nitrogens with one attached hydrogen (secondary N) is 2. The average Bonchev–Trinajstić information content (AvgIpc) is 2.99. The summed E-state index contributed by atoms with van der Waals surface area (Å²) < 4.78 is 4.71. The molecular weight excluding hydrogens is 258 g/mol. The molecule has 1 aromatic heterocycles. The summed E-state index contributed by atoms with van der Waals surface area (Å²) in [7, 11) is 1.29. The van der Waals surface area contributed by atoms with E-state index in [1.165, 1.54) is 13.4 Å². The zero-order valence-corrected chi connectivity index (χ0v) is 11.0. The number of hydrogen-bond acceptors (Lipinski definition) is 4. The molecule has 0 saturated heterocycles. The summed E-state index contributed by atoms with van der Waals surface area (Å²) in [5, 5.41) is 2.66. The lowest BCUT2D eigenvalue weighted by Crippen LogP contribution is -2.43. The van der Waals surface area contributed by atoms with Crippen LogP contribution in [0.5, 0.6) is 0 Å². The monoisotopic (exact) mass is 273 g/mol. The van der Waals surface area contributed by atoms with Crippen molar-refractivity contribution in [1.29, 1.82) is 0 Å². The van der Waals surface area contributed by atoms with Gasteiger partial charge in [0.15, 0.2) is 0 Å². The molecule has 20 heavy (non-hydrogen) atoms. The Labute approximate surface area is 116 Å². The van der Waals surface area contributed by atoms with Crippen LogP contribution in [0.4, 0.5) is 0 Å². The number of imidazole rings is 1. The lowest BCUT2D eigenvalue weighted by molar-refractivity contribution is -0.142. The largest absolute Gasteiger partial charge is 0.467 e. The van der Waals surface area contributed by atoms with Crippen molar-refractivity contribution in [3.8, 4) is 0 Å². The number of rotatable bonds is 5. The molecule has 0 saturated carbocycles. The van der Waals surface area contributed by atoms with E-state index in [1.807, 2.05) is 6.07 Å². The van der Waals surface area contributed by atoms with Gasteiger partial charge in [0.1, 0.15) is 6.04 Å². The number of amides is 1. The normalized spacial score (nSPS) is 11.7. The van der Waals surface area contributed by atoms with Crippen molar-refractivity contribution in [2.24, 2.45) is 0 Å². The Morgan fingerprint density at radius 1 is 1.35 bits per heavy atom. The second-order valence-corrected chi connectivity index (χ2v) is 4.20. The Hall–Kier alpha value is -2.63. The third-order valence-electron chi connectivity index (χ3n) is 2.81. The van der Waals surface area contributed by atoms with Crippen molar-refractivity contribution >= 4 is 11.9 Å². The van der Waals surface area contributed by atoms with Gasteiger partial charge in [-0.05, 0) is 12.1 Å². The van der Waals surface area contributed by atoms with Gasteiger partial charge in [0.25, 0.3) is 5.91 Å². The number of benzene rings is 1. The van der Waals surface area contributed by atoms with E-state index in [1.54, 1.807) is 30.5 Å². The van der Waals surface area contributed by atoms with Crippen LogP contribution in [0.3, 0.4) is 0 Å². The van der Waals surface area contributed by atoms with Crippen LogP contribution in [-0.4, -0.2) is 35.0 Å². The molecule has 0 fully saturated rings. The van der Waals surface area contributed by atoms with Gasteiger partial charge in [-0.1, -0.05) is 18.2 Å². The zero-order valence-electron chi connectivity index (χ0n) is 11.0. The fourth-order valence-electron chi connectivity index (χ4n) is 1.78. The molecule has 1 aromatic carbocycles. The summed E-state index contributed by atoms with van der Waals surface area (Å²) >= 11 is 0. The van der Waals surface area contributed by atoms with Crippen LogP contribution in [0.25, 0.3) is 0 Å². The molecule has 0 spiro atoms. The lowest BCUT2D eigenvalue weighted by Gasteiger charge is -2.15. The minimum absolute atomic E-state index is 0.297. The van der Waals surface area contributed by atoms with E-state index >= 15 is 0 Å². The van der Waals surface area contributed by atoms with Crippen molar-refractivity contribution in [2.45, 2.75) is 12.5 Å². The fraction of sp³-hybridized carbons (Fsp3) is 0.214. The first-order valence-corrected chi connectivity index (χ1v) is 6.11. The topological polar surface area (TPSA) is 84.1 Å². The van der Waals surface area contributed by atoms with Crippen LogP contribution in [0.2, 0.25) is 0 Å². The number of carbonyl (C=O) groups excluding carboxylic acids is 2. The maximum atomic E-state index is 12.1. The maximum Gasteiger partial charge on any atom is 0.328 e. The number of nitrogens with zero attached hydrogens (tertiary/aromatic N) is 1. The molecule has 1 heterocycles. The number of hydrogen-bond donors (Lipinski definition) is 2. The third kappa shape index (κ3) is 3.44. The predicted molar refractivity (Wildman–Crippen MR) is 72.0 cm³/mol. The van der Waals surface area contributed by atoms with Crippen LogP contribution in [0, 0.1) is 0 Å². The van der Waals surface area contributed by atoms with Crippen molar-refractivity contribution in [3.63, 3.8) is 0 Å². The highest BCUT2D eigenvalue weighted by Gasteiger charge is 2.22. The smallest absolute Gasteiger partial charge is 0.328 e. The van der Waals surface area contributed by atoms with Gasteiger partial charge in [0.2, 0.25) is 0 Å². The molecule has 0 aliphatic rings. The van der Waals surface area contributed by atoms with Gasteiger partial charge in [-0.15, -0.1) is 0 Å². The molecule has 0 bridgehead atoms. The number of carbonyl (C=O) groups is 2. The summed E-state index contributed by atoms with van der Waals surface area (Å²) in [6, 6.07) is 7.94. The quantitative estimate of drug-likeness (QED) is 0.793. The van der Waals surface area contributed by atoms with Gasteiger partial charge in [0.05, 0.1) is 13.4 Å². The van der Waals surface area contributed by atoms with Crippen LogP contribution in [-0.2, 0) is 16.0 Å². The molecule has 6 heteroatoms. The molecule has 2 aromatic rings. The van der Waals surface area contributed by atoms with E-state index < -0.39 is 12.0 Å². The molecule has 2 rings (SSSR count). The Balaban J connectivity index is 2.08. The highest BCUT2D eigenvalue weighted by molar-refractivity contribution is 5.96. The Morgan fingerprint density at radius 3 is 2.70 bits per heavy atom. The van der Waals surface area contributed by atoms with Gasteiger partial charge in [0, 0.05) is 23.9 Å². The highest BCUT2D eigenvalue weighted by Crippen LogP contribution is 2.04. The molecule has 1 atom stereocenters. The molecule has 1 amide bonds. The van der Waals surface area contributed by atoms with E-state index in [0.717, 1.165) is 5.69 Å². The van der Waals surface area contributed by atoms with Crippen molar-refractivity contribution in [3.05, 3.63) is 54.1 Å². The Kier molecular flexibility index (Phi) is 4.49. The Morgan fingerprint density at radius 2 is 2.10 bits per heavy atom. The van der Waals surface area contributed by atoms with Crippen molar-refractivity contribution in [2.75, 3.05) is 7.11 Å². The van der Waals surface area contributed by atoms with E-state index in [-0.39, 0.29) is 5.91 Å². The molecule has 6 nitrogen and oxygen atoms in total. The van der Waals surface area contributed by atoms with Crippen LogP contribution in [0.1, 0.15) is 16.1 Å². The van der Waals surface area contributed by atoms with Crippen LogP contribution >= 0.6 is 0 Å². The van der Waals surface area contributed by atoms with Crippen molar-refractivity contribution in [1.82, 2.24) is 15.3 Å². The molecule has 104 valence electrons. The van der Waals surface area contributed by atoms with Crippen LogP contribution in [0.15, 0.2) is 42.9 Å². The summed E-state index contributed by atoms with van der Waals surface area (Å²) in [5.74, 6) is -0.815. The first kappa shape index (κ1) is 13.8. The second-order valence-electron chi connectivity index (χ2n) is 4.20. The summed E-state index contributed by atoms with van der Waals surface area (Å²) in [6.45, 7) is 0. The summed E-state index contributed by atoms with van der Waals surface area (Å²) in [5.41, 5.74) is 1.24. The zero-order chi connectivity index (χ0) is 14.4. The molecule has 2 N–H and O–H groups in total. The third-order valence-corrected chi connectivity index (χ3v) is 2.81. The Bertz CT molecular complexity index is 567. The summed E-state index contributed by atoms with van der Waals surface area (Å²) in [4.78, 5) is 30.6. The standard InChI is InChI=1S/C14H15N3O3/c1-20-14(19)12(7-11-8-15-9-16-11)17-13(18)10-5-3-2-4-6-10/h2-6,8-9,12H,7H2,1H3,(H,15,16)(H,17,18). The van der Waals surface area contributed by atoms with E-state index in [0.29, 0.717) is 12.0 Å². The molecule has 0 radical (unpaired) electrons. The lowest BCUT2D eigenvalue weighted by atomic mass is 10.1. The molecular formula is C14H15N3O3. The number of methoxy groups -OCH3 is 1. The van der Waals surface area contributed by atoms with Crippen LogP contribution < -0.4 is 5.32 Å². The van der Waals surface area contributed by atoms with Gasteiger partial charge < -0.3 is 15.0 Å². The van der Waals surface area contributed by atoms with Gasteiger partial charge >= 0.3 is 5.97 Å². The number of ether oxygens (including phenoxy) is 1. The fourth-order valence-corrected chi connectivity index (χ4v) is 1.78. The first-order chi connectivity index (χ1) is 9.70. The number of aromatic amines is 1. The number of H-pyrrole nitrogens is 1. The SMILES string of the molecule is COC(=O)C(Cc1cnc[nH]1)NC(=O)c1ccccc1. The van der Waals surface area contributed by atoms with Gasteiger partial charge in [-0.25, -0.2) is 9.78 Å². The molecule has 1 unspecified atom stereocenters. The minimum atomic E-state index is -0.756. The number of aromatic nitrogens is 2. The highest BCUT2D eigenvalue weighted by atomic mass is 16.5. The van der Waals surface area contributed by atoms with Gasteiger partial charge in [-0.2, -0.15) is 0 Å². The minimum Gasteiger partial charge on any atom is -0.467 e. The predicted octanol–water partition coefficient (Wildman–Crippen LogP) is 0.924. The number of esters is 1. The first-order valence-electron chi connectivity index (χ1n) is 6.11. The summed E-state index contributed by atoms with van der Waals surface area (Å²) in [6.07, 6.45) is 3.42. The average molecular weight is 273 g/mol. The van der Waals surface area contributed by atoms with E-state index in [2.05, 4.69) is 15.3 Å². The second kappa shape index (κ2) is 6.51. The maximum absolute atomic E-state index is 12.1. The van der Waals surface area contributed by atoms with E-state index in [9.17, 15) is 9.59 Å². The molecule has 0 aliphatic heterocycles.